The molecule has 1 aliphatic rings. The van der Waals surface area contributed by atoms with Crippen LogP contribution in [0.25, 0.3) is 0 Å². The zero-order valence-corrected chi connectivity index (χ0v) is 12.1. The molecule has 0 radical (unpaired) electrons. The van der Waals surface area contributed by atoms with E-state index in [1.165, 1.54) is 19.3 Å². The van der Waals surface area contributed by atoms with Gasteiger partial charge in [-0.15, -0.1) is 0 Å². The van der Waals surface area contributed by atoms with Gasteiger partial charge in [-0.1, -0.05) is 31.0 Å². The molecule has 1 aromatic rings. The fourth-order valence-electron chi connectivity index (χ4n) is 2.82. The molecule has 0 bridgehead atoms. The molecule has 20 heavy (non-hydrogen) atoms. The maximum Gasteiger partial charge on any atom is 0.123 e. The van der Waals surface area contributed by atoms with Gasteiger partial charge in [-0.2, -0.15) is 0 Å². The van der Waals surface area contributed by atoms with Crippen LogP contribution in [0.2, 0.25) is 0 Å². The number of hydrogen-bond acceptors (Lipinski definition) is 4. The number of aliphatic hydroxyl groups excluding tert-OH is 1. The Kier molecular flexibility index (Phi) is 6.30. The van der Waals surface area contributed by atoms with Crippen molar-refractivity contribution in [2.45, 2.75) is 38.3 Å². The van der Waals surface area contributed by atoms with Gasteiger partial charge in [0, 0.05) is 24.7 Å². The molecular formula is C16H26N2O2. The van der Waals surface area contributed by atoms with Crippen molar-refractivity contribution in [3.8, 4) is 5.75 Å². The quantitative estimate of drug-likeness (QED) is 0.832. The number of aliphatic hydroxyl groups is 1. The molecule has 1 aromatic carbocycles. The van der Waals surface area contributed by atoms with Crippen LogP contribution in [0, 0.1) is 0 Å². The van der Waals surface area contributed by atoms with Crippen molar-refractivity contribution in [2.75, 3.05) is 26.3 Å². The third-order valence-electron chi connectivity index (χ3n) is 4.04. The molecule has 0 saturated carbocycles. The summed E-state index contributed by atoms with van der Waals surface area (Å²) in [6.07, 6.45) is 4.80. The Morgan fingerprint density at radius 1 is 1.25 bits per heavy atom. The van der Waals surface area contributed by atoms with E-state index in [2.05, 4.69) is 4.90 Å². The van der Waals surface area contributed by atoms with Crippen LogP contribution < -0.4 is 10.5 Å². The van der Waals surface area contributed by atoms with Crippen molar-refractivity contribution in [2.24, 2.45) is 5.73 Å². The molecular weight excluding hydrogens is 252 g/mol. The van der Waals surface area contributed by atoms with Crippen molar-refractivity contribution in [1.29, 1.82) is 0 Å². The van der Waals surface area contributed by atoms with E-state index in [-0.39, 0.29) is 6.61 Å². The van der Waals surface area contributed by atoms with E-state index in [4.69, 9.17) is 10.5 Å². The molecule has 4 nitrogen and oxygen atoms in total. The van der Waals surface area contributed by atoms with Crippen LogP contribution in [-0.4, -0.2) is 42.4 Å². The minimum Gasteiger partial charge on any atom is -0.492 e. The molecule has 0 aromatic heterocycles. The maximum absolute atomic E-state index is 9.49. The van der Waals surface area contributed by atoms with Gasteiger partial charge in [0.1, 0.15) is 12.4 Å². The Balaban J connectivity index is 1.84. The minimum absolute atomic E-state index is 0.249. The highest BCUT2D eigenvalue weighted by atomic mass is 16.5. The van der Waals surface area contributed by atoms with Gasteiger partial charge in [-0.05, 0) is 25.5 Å². The van der Waals surface area contributed by atoms with E-state index in [1.54, 1.807) is 0 Å². The lowest BCUT2D eigenvalue weighted by Crippen LogP contribution is -2.40. The Morgan fingerprint density at radius 3 is 2.90 bits per heavy atom. The average molecular weight is 278 g/mol. The van der Waals surface area contributed by atoms with Gasteiger partial charge in [0.15, 0.2) is 0 Å². The van der Waals surface area contributed by atoms with Gasteiger partial charge in [0.2, 0.25) is 0 Å². The molecule has 0 spiro atoms. The first-order chi connectivity index (χ1) is 9.85. The minimum atomic E-state index is 0.249. The van der Waals surface area contributed by atoms with E-state index >= 15 is 0 Å². The molecule has 1 saturated heterocycles. The number of nitrogens with zero attached hydrogens (tertiary/aromatic N) is 1. The summed E-state index contributed by atoms with van der Waals surface area (Å²) in [6.45, 7) is 3.32. The summed E-state index contributed by atoms with van der Waals surface area (Å²) in [6, 6.07) is 8.21. The fourth-order valence-corrected chi connectivity index (χ4v) is 2.82. The normalized spacial score (nSPS) is 20.6. The van der Waals surface area contributed by atoms with Gasteiger partial charge < -0.3 is 15.6 Å². The molecule has 0 amide bonds. The van der Waals surface area contributed by atoms with Crippen molar-refractivity contribution >= 4 is 0 Å². The molecule has 3 N–H and O–H groups in total. The topological polar surface area (TPSA) is 58.7 Å². The molecule has 1 atom stereocenters. The SMILES string of the molecule is NCc1ccccc1OCCN1CCCCCC1CO. The zero-order valence-electron chi connectivity index (χ0n) is 12.1. The number of benzene rings is 1. The summed E-state index contributed by atoms with van der Waals surface area (Å²) in [5.74, 6) is 0.880. The molecule has 2 rings (SSSR count). The van der Waals surface area contributed by atoms with Gasteiger partial charge in [-0.3, -0.25) is 4.90 Å². The predicted molar refractivity (Wildman–Crippen MR) is 80.7 cm³/mol. The van der Waals surface area contributed by atoms with Crippen LogP contribution in [0.5, 0.6) is 5.75 Å². The smallest absolute Gasteiger partial charge is 0.123 e. The van der Waals surface area contributed by atoms with E-state index < -0.39 is 0 Å². The Morgan fingerprint density at radius 2 is 2.10 bits per heavy atom. The number of rotatable bonds is 6. The number of para-hydroxylation sites is 1. The molecule has 112 valence electrons. The molecule has 1 unspecified atom stereocenters. The highest BCUT2D eigenvalue weighted by Gasteiger charge is 2.19. The van der Waals surface area contributed by atoms with E-state index in [0.717, 1.165) is 30.8 Å². The van der Waals surface area contributed by atoms with Crippen LogP contribution in [0.15, 0.2) is 24.3 Å². The van der Waals surface area contributed by atoms with Crippen molar-refractivity contribution in [1.82, 2.24) is 4.90 Å². The third kappa shape index (κ3) is 4.20. The average Bonchev–Trinajstić information content (AvgIpc) is 2.72. The van der Waals surface area contributed by atoms with Crippen LogP contribution >= 0.6 is 0 Å². The lowest BCUT2D eigenvalue weighted by Gasteiger charge is -2.28. The van der Waals surface area contributed by atoms with Crippen LogP contribution in [-0.2, 0) is 6.54 Å². The lowest BCUT2D eigenvalue weighted by molar-refractivity contribution is 0.108. The lowest BCUT2D eigenvalue weighted by atomic mass is 10.1. The number of ether oxygens (including phenoxy) is 1. The van der Waals surface area contributed by atoms with Crippen molar-refractivity contribution in [3.05, 3.63) is 29.8 Å². The van der Waals surface area contributed by atoms with Crippen LogP contribution in [0.1, 0.15) is 31.2 Å². The van der Waals surface area contributed by atoms with Gasteiger partial charge in [0.25, 0.3) is 0 Å². The Bertz CT molecular complexity index is 398. The highest BCUT2D eigenvalue weighted by molar-refractivity contribution is 5.32. The zero-order chi connectivity index (χ0) is 14.2. The van der Waals surface area contributed by atoms with Gasteiger partial charge in [-0.25, -0.2) is 0 Å². The van der Waals surface area contributed by atoms with E-state index in [0.29, 0.717) is 19.2 Å². The monoisotopic (exact) mass is 278 g/mol. The summed E-state index contributed by atoms with van der Waals surface area (Å²) in [4.78, 5) is 2.36. The summed E-state index contributed by atoms with van der Waals surface area (Å²) in [7, 11) is 0. The van der Waals surface area contributed by atoms with Crippen molar-refractivity contribution < 1.29 is 9.84 Å². The summed E-state index contributed by atoms with van der Waals surface area (Å²) in [5.41, 5.74) is 6.75. The van der Waals surface area contributed by atoms with Crippen LogP contribution in [0.4, 0.5) is 0 Å². The molecule has 1 aliphatic heterocycles. The first-order valence-corrected chi connectivity index (χ1v) is 7.61. The third-order valence-corrected chi connectivity index (χ3v) is 4.04. The Hall–Kier alpha value is -1.10. The predicted octanol–water partition coefficient (Wildman–Crippen LogP) is 1.76. The van der Waals surface area contributed by atoms with Gasteiger partial charge >= 0.3 is 0 Å². The summed E-state index contributed by atoms with van der Waals surface area (Å²) >= 11 is 0. The number of nitrogens with two attached hydrogens (primary N) is 1. The number of hydrogen-bond donors (Lipinski definition) is 2. The van der Waals surface area contributed by atoms with E-state index in [1.807, 2.05) is 24.3 Å². The highest BCUT2D eigenvalue weighted by Crippen LogP contribution is 2.19. The number of likely N-dealkylation sites (tertiary alicyclic amines) is 1. The van der Waals surface area contributed by atoms with E-state index in [9.17, 15) is 5.11 Å². The Labute approximate surface area is 121 Å². The summed E-state index contributed by atoms with van der Waals surface area (Å²) < 4.78 is 5.86. The second-order valence-corrected chi connectivity index (χ2v) is 5.38. The second kappa shape index (κ2) is 8.25. The summed E-state index contributed by atoms with van der Waals surface area (Å²) in [5, 5.41) is 9.49. The molecule has 4 heteroatoms. The standard InChI is InChI=1S/C16H26N2O2/c17-12-14-6-3-4-8-16(14)20-11-10-18-9-5-1-2-7-15(18)13-19/h3-4,6,8,15,19H,1-2,5,7,9-13,17H2. The first-order valence-electron chi connectivity index (χ1n) is 7.61. The molecule has 1 heterocycles. The fraction of sp³-hybridized carbons (Fsp3) is 0.625. The second-order valence-electron chi connectivity index (χ2n) is 5.38. The molecule has 1 fully saturated rings. The van der Waals surface area contributed by atoms with Gasteiger partial charge in [0.05, 0.1) is 6.61 Å². The van der Waals surface area contributed by atoms with Crippen molar-refractivity contribution in [3.63, 3.8) is 0 Å². The van der Waals surface area contributed by atoms with Crippen LogP contribution in [0.3, 0.4) is 0 Å². The maximum atomic E-state index is 9.49. The largest absolute Gasteiger partial charge is 0.492 e. The first kappa shape index (κ1) is 15.3. The molecule has 0 aliphatic carbocycles.